The molecule has 4 heteroatoms. The van der Waals surface area contributed by atoms with E-state index in [0.717, 1.165) is 31.4 Å². The lowest BCUT2D eigenvalue weighted by Crippen LogP contribution is -2.23. The van der Waals surface area contributed by atoms with Crippen molar-refractivity contribution in [1.82, 2.24) is 4.90 Å². The number of ketones is 1. The van der Waals surface area contributed by atoms with Crippen molar-refractivity contribution in [3.63, 3.8) is 0 Å². The quantitative estimate of drug-likeness (QED) is 0.466. The van der Waals surface area contributed by atoms with Gasteiger partial charge in [-0.15, -0.1) is 0 Å². The van der Waals surface area contributed by atoms with Gasteiger partial charge in [-0.3, -0.25) is 4.79 Å². The molecular weight excluding hydrogens is 255 g/mol. The van der Waals surface area contributed by atoms with E-state index in [2.05, 4.69) is 4.99 Å². The zero-order valence-electron chi connectivity index (χ0n) is 12.3. The van der Waals surface area contributed by atoms with Crippen molar-refractivity contribution >= 4 is 17.8 Å². The molecule has 0 unspecified atom stereocenters. The van der Waals surface area contributed by atoms with E-state index in [4.69, 9.17) is 0 Å². The largest absolute Gasteiger partial charge is 0.366 e. The zero-order valence-corrected chi connectivity index (χ0v) is 12.3. The van der Waals surface area contributed by atoms with Crippen molar-refractivity contribution in [2.45, 2.75) is 33.1 Å². The lowest BCUT2D eigenvalue weighted by atomic mass is 9.79. The van der Waals surface area contributed by atoms with Gasteiger partial charge in [-0.25, -0.2) is 9.38 Å². The monoisotopic (exact) mass is 276 g/mol. The first-order valence-corrected chi connectivity index (χ1v) is 7.11. The second-order valence-corrected chi connectivity index (χ2v) is 5.43. The van der Waals surface area contributed by atoms with Crippen LogP contribution < -0.4 is 0 Å². The first-order chi connectivity index (χ1) is 9.52. The molecule has 20 heavy (non-hydrogen) atoms. The summed E-state index contributed by atoms with van der Waals surface area (Å²) in [4.78, 5) is 18.3. The number of rotatable bonds is 5. The molecule has 0 saturated heterocycles. The van der Waals surface area contributed by atoms with E-state index in [1.807, 2.05) is 25.8 Å². The fourth-order valence-corrected chi connectivity index (χ4v) is 2.13. The Labute approximate surface area is 119 Å². The van der Waals surface area contributed by atoms with Crippen LogP contribution in [0.15, 0.2) is 17.1 Å². The maximum Gasteiger partial charge on any atom is 0.168 e. The standard InChI is InChI=1S/C16H21FN2O/c1-4-19(3)10-18-15-9-14(17)13(8-11(15)2)16(20)12-6-5-7-12/h8-10,12H,4-7H2,1-3H3. The molecule has 0 bridgehead atoms. The molecule has 0 aliphatic heterocycles. The Morgan fingerprint density at radius 1 is 1.50 bits per heavy atom. The van der Waals surface area contributed by atoms with Crippen LogP contribution in [0.5, 0.6) is 0 Å². The number of hydrogen-bond donors (Lipinski definition) is 0. The third kappa shape index (κ3) is 3.06. The van der Waals surface area contributed by atoms with Crippen LogP contribution in [0.3, 0.4) is 0 Å². The lowest BCUT2D eigenvalue weighted by molar-refractivity contribution is 0.0851. The van der Waals surface area contributed by atoms with E-state index < -0.39 is 5.82 Å². The highest BCUT2D eigenvalue weighted by Crippen LogP contribution is 2.32. The molecule has 0 N–H and O–H groups in total. The number of aliphatic imine (C=N–C) groups is 1. The average Bonchev–Trinajstić information content (AvgIpc) is 2.36. The third-order valence-electron chi connectivity index (χ3n) is 3.92. The van der Waals surface area contributed by atoms with Crippen molar-refractivity contribution in [2.75, 3.05) is 13.6 Å². The Balaban J connectivity index is 2.24. The molecule has 0 amide bonds. The predicted molar refractivity (Wildman–Crippen MR) is 79.3 cm³/mol. The van der Waals surface area contributed by atoms with Gasteiger partial charge in [0.2, 0.25) is 0 Å². The fraction of sp³-hybridized carbons (Fsp3) is 0.500. The molecule has 0 aromatic heterocycles. The number of benzene rings is 1. The van der Waals surface area contributed by atoms with E-state index in [1.165, 1.54) is 6.07 Å². The highest BCUT2D eigenvalue weighted by Gasteiger charge is 2.28. The predicted octanol–water partition coefficient (Wildman–Crippen LogP) is 3.73. The first kappa shape index (κ1) is 14.7. The number of hydrogen-bond acceptors (Lipinski definition) is 2. The Hall–Kier alpha value is -1.71. The summed E-state index contributed by atoms with van der Waals surface area (Å²) in [5.74, 6) is -0.499. The number of halogens is 1. The molecular formula is C16H21FN2O. The number of Topliss-reactive ketones (excluding diaryl/α,β-unsaturated/α-hetero) is 1. The lowest BCUT2D eigenvalue weighted by Gasteiger charge is -2.24. The molecule has 0 spiro atoms. The maximum atomic E-state index is 14.1. The van der Waals surface area contributed by atoms with Gasteiger partial charge in [0.1, 0.15) is 5.82 Å². The van der Waals surface area contributed by atoms with E-state index >= 15 is 0 Å². The summed E-state index contributed by atoms with van der Waals surface area (Å²) in [6.07, 6.45) is 4.52. The van der Waals surface area contributed by atoms with Gasteiger partial charge in [0.15, 0.2) is 5.78 Å². The molecule has 1 aromatic carbocycles. The van der Waals surface area contributed by atoms with E-state index in [1.54, 1.807) is 12.4 Å². The van der Waals surface area contributed by atoms with E-state index in [0.29, 0.717) is 5.69 Å². The second-order valence-electron chi connectivity index (χ2n) is 5.43. The normalized spacial score (nSPS) is 15.4. The van der Waals surface area contributed by atoms with Gasteiger partial charge in [-0.2, -0.15) is 0 Å². The Bertz CT molecular complexity index is 536. The molecule has 1 aromatic rings. The van der Waals surface area contributed by atoms with Crippen LogP contribution in [0.25, 0.3) is 0 Å². The van der Waals surface area contributed by atoms with Gasteiger partial charge in [0, 0.05) is 25.6 Å². The van der Waals surface area contributed by atoms with Crippen LogP contribution in [0, 0.1) is 18.7 Å². The van der Waals surface area contributed by atoms with Crippen LogP contribution in [0.1, 0.15) is 42.1 Å². The summed E-state index contributed by atoms with van der Waals surface area (Å²) in [5.41, 5.74) is 1.62. The van der Waals surface area contributed by atoms with Gasteiger partial charge in [-0.1, -0.05) is 6.42 Å². The molecule has 0 radical (unpaired) electrons. The second kappa shape index (κ2) is 6.16. The minimum atomic E-state index is -0.459. The Kier molecular flexibility index (Phi) is 4.53. The highest BCUT2D eigenvalue weighted by atomic mass is 19.1. The van der Waals surface area contributed by atoms with Gasteiger partial charge in [-0.05, 0) is 38.3 Å². The number of carbonyl (C=O) groups is 1. The maximum absolute atomic E-state index is 14.1. The molecule has 1 aliphatic rings. The van der Waals surface area contributed by atoms with Crippen molar-refractivity contribution in [3.8, 4) is 0 Å². The summed E-state index contributed by atoms with van der Waals surface area (Å²) >= 11 is 0. The third-order valence-corrected chi connectivity index (χ3v) is 3.92. The molecule has 1 saturated carbocycles. The summed E-state index contributed by atoms with van der Waals surface area (Å²) in [6, 6.07) is 3.00. The summed E-state index contributed by atoms with van der Waals surface area (Å²) in [6.45, 7) is 4.71. The number of carbonyl (C=O) groups excluding carboxylic acids is 1. The van der Waals surface area contributed by atoms with Crippen LogP contribution in [0.2, 0.25) is 0 Å². The number of nitrogens with zero attached hydrogens (tertiary/aromatic N) is 2. The van der Waals surface area contributed by atoms with Gasteiger partial charge in [0.25, 0.3) is 0 Å². The van der Waals surface area contributed by atoms with Crippen molar-refractivity contribution in [1.29, 1.82) is 0 Å². The molecule has 0 atom stereocenters. The van der Waals surface area contributed by atoms with Crippen LogP contribution in [0.4, 0.5) is 10.1 Å². The molecule has 1 fully saturated rings. The first-order valence-electron chi connectivity index (χ1n) is 7.11. The van der Waals surface area contributed by atoms with Crippen molar-refractivity contribution < 1.29 is 9.18 Å². The van der Waals surface area contributed by atoms with Crippen molar-refractivity contribution in [3.05, 3.63) is 29.1 Å². The minimum absolute atomic E-state index is 0.0180. The summed E-state index contributed by atoms with van der Waals surface area (Å²) < 4.78 is 14.1. The average molecular weight is 276 g/mol. The Morgan fingerprint density at radius 2 is 2.20 bits per heavy atom. The van der Waals surface area contributed by atoms with E-state index in [-0.39, 0.29) is 17.3 Å². The van der Waals surface area contributed by atoms with Crippen LogP contribution >= 0.6 is 0 Å². The molecule has 1 aliphatic carbocycles. The van der Waals surface area contributed by atoms with Gasteiger partial charge < -0.3 is 4.90 Å². The SMILES string of the molecule is CCN(C)C=Nc1cc(F)c(C(=O)C2CCC2)cc1C. The van der Waals surface area contributed by atoms with Crippen LogP contribution in [-0.2, 0) is 0 Å². The highest BCUT2D eigenvalue weighted by molar-refractivity contribution is 5.99. The van der Waals surface area contributed by atoms with Crippen molar-refractivity contribution in [2.24, 2.45) is 10.9 Å². The molecule has 3 nitrogen and oxygen atoms in total. The van der Waals surface area contributed by atoms with Gasteiger partial charge >= 0.3 is 0 Å². The molecule has 108 valence electrons. The summed E-state index contributed by atoms with van der Waals surface area (Å²) in [5, 5.41) is 0. The van der Waals surface area contributed by atoms with Crippen LogP contribution in [-0.4, -0.2) is 30.6 Å². The molecule has 0 heterocycles. The topological polar surface area (TPSA) is 32.7 Å². The summed E-state index contributed by atoms with van der Waals surface area (Å²) in [7, 11) is 1.91. The minimum Gasteiger partial charge on any atom is -0.366 e. The number of aryl methyl sites for hydroxylation is 1. The van der Waals surface area contributed by atoms with Gasteiger partial charge in [0.05, 0.1) is 17.6 Å². The fourth-order valence-electron chi connectivity index (χ4n) is 2.13. The molecule has 2 rings (SSSR count). The van der Waals surface area contributed by atoms with E-state index in [9.17, 15) is 9.18 Å². The Morgan fingerprint density at radius 3 is 2.75 bits per heavy atom. The smallest absolute Gasteiger partial charge is 0.168 e. The zero-order chi connectivity index (χ0) is 14.7.